The largest absolute Gasteiger partial charge is 0.380 e. The zero-order valence-electron chi connectivity index (χ0n) is 13.3. The molecule has 1 aliphatic heterocycles. The lowest BCUT2D eigenvalue weighted by molar-refractivity contribution is 0.449. The van der Waals surface area contributed by atoms with Crippen LogP contribution in [-0.2, 0) is 10.3 Å². The van der Waals surface area contributed by atoms with Crippen molar-refractivity contribution in [3.05, 3.63) is 28.7 Å². The lowest BCUT2D eigenvalue weighted by Crippen LogP contribution is -2.19. The van der Waals surface area contributed by atoms with E-state index in [4.69, 9.17) is 5.14 Å². The van der Waals surface area contributed by atoms with Crippen molar-refractivity contribution in [2.45, 2.75) is 49.8 Å². The second kappa shape index (κ2) is 6.68. The molecule has 0 aromatic heterocycles. The SMILES string of the molecule is NS(=O)(=O)Oc1ccc2c(c1)S(O)(O)C(CC1CCCCCC1)=C2. The van der Waals surface area contributed by atoms with Crippen LogP contribution < -0.4 is 9.32 Å². The van der Waals surface area contributed by atoms with Crippen molar-refractivity contribution in [3.8, 4) is 5.75 Å². The van der Waals surface area contributed by atoms with Gasteiger partial charge in [0.25, 0.3) is 0 Å². The van der Waals surface area contributed by atoms with Gasteiger partial charge < -0.3 is 4.18 Å². The Morgan fingerprint density at radius 3 is 2.46 bits per heavy atom. The van der Waals surface area contributed by atoms with E-state index in [1.54, 1.807) is 6.07 Å². The van der Waals surface area contributed by atoms with Crippen LogP contribution in [0.5, 0.6) is 5.75 Å². The molecule has 1 aromatic carbocycles. The minimum Gasteiger partial charge on any atom is -0.371 e. The molecule has 1 heterocycles. The zero-order valence-corrected chi connectivity index (χ0v) is 15.0. The van der Waals surface area contributed by atoms with E-state index in [1.165, 1.54) is 37.8 Å². The molecule has 1 saturated carbocycles. The first-order valence-corrected chi connectivity index (χ1v) is 11.1. The monoisotopic (exact) mass is 373 g/mol. The summed E-state index contributed by atoms with van der Waals surface area (Å²) in [6, 6.07) is 4.44. The molecule has 0 bridgehead atoms. The fraction of sp³-hybridized carbons (Fsp3) is 0.500. The molecular formula is C16H23NO5S2. The van der Waals surface area contributed by atoms with Crippen LogP contribution in [-0.4, -0.2) is 17.5 Å². The fourth-order valence-corrected chi connectivity index (χ4v) is 5.64. The number of benzene rings is 1. The zero-order chi connectivity index (χ0) is 17.4. The summed E-state index contributed by atoms with van der Waals surface area (Å²) in [6.45, 7) is 0. The standard InChI is InChI=1S/C16H23NO5S2/c17-24(20,21)22-14-8-7-13-10-15(23(18,19)16(13)11-14)9-12-5-3-1-2-4-6-12/h7-8,10-12,18-19H,1-6,9H2,(H2,17,20,21). The molecule has 8 heteroatoms. The Balaban J connectivity index is 1.81. The Hall–Kier alpha value is -1.06. The molecular weight excluding hydrogens is 350 g/mol. The van der Waals surface area contributed by atoms with Crippen molar-refractivity contribution in [1.29, 1.82) is 0 Å². The lowest BCUT2D eigenvalue weighted by Gasteiger charge is -2.33. The molecule has 1 fully saturated rings. The Kier molecular flexibility index (Phi) is 4.94. The predicted molar refractivity (Wildman–Crippen MR) is 95.1 cm³/mol. The number of hydrogen-bond donors (Lipinski definition) is 3. The van der Waals surface area contributed by atoms with Crippen LogP contribution in [0.4, 0.5) is 0 Å². The van der Waals surface area contributed by atoms with Gasteiger partial charge in [-0.25, -0.2) is 0 Å². The molecule has 0 unspecified atom stereocenters. The third-order valence-electron chi connectivity index (χ3n) is 4.65. The van der Waals surface area contributed by atoms with E-state index in [-0.39, 0.29) is 5.75 Å². The third kappa shape index (κ3) is 3.94. The van der Waals surface area contributed by atoms with Gasteiger partial charge in [-0.05, 0) is 36.1 Å². The maximum Gasteiger partial charge on any atom is 0.380 e. The van der Waals surface area contributed by atoms with Crippen LogP contribution in [0.25, 0.3) is 6.08 Å². The van der Waals surface area contributed by atoms with Gasteiger partial charge in [0.05, 0.1) is 4.90 Å². The van der Waals surface area contributed by atoms with Gasteiger partial charge in [-0.3, -0.25) is 9.11 Å². The summed E-state index contributed by atoms with van der Waals surface area (Å²) in [5, 5.41) is 4.86. The maximum atomic E-state index is 11.0. The summed E-state index contributed by atoms with van der Waals surface area (Å²) < 4.78 is 48.1. The highest BCUT2D eigenvalue weighted by molar-refractivity contribution is 8.28. The van der Waals surface area contributed by atoms with Gasteiger partial charge in [0.15, 0.2) is 0 Å². The van der Waals surface area contributed by atoms with Crippen molar-refractivity contribution >= 4 is 27.0 Å². The predicted octanol–water partition coefficient (Wildman–Crippen LogP) is 4.09. The molecule has 134 valence electrons. The molecule has 3 rings (SSSR count). The molecule has 0 spiro atoms. The fourth-order valence-electron chi connectivity index (χ4n) is 3.49. The van der Waals surface area contributed by atoms with Crippen LogP contribution >= 0.6 is 10.6 Å². The second-order valence-corrected chi connectivity index (χ2v) is 9.71. The van der Waals surface area contributed by atoms with Gasteiger partial charge in [0.1, 0.15) is 5.75 Å². The number of nitrogens with two attached hydrogens (primary N) is 1. The molecule has 0 saturated heterocycles. The highest BCUT2D eigenvalue weighted by Crippen LogP contribution is 2.64. The normalized spacial score (nSPS) is 22.4. The van der Waals surface area contributed by atoms with E-state index in [9.17, 15) is 17.5 Å². The van der Waals surface area contributed by atoms with Crippen LogP contribution in [0.1, 0.15) is 50.5 Å². The minimum atomic E-state index is -4.14. The molecule has 0 amide bonds. The molecule has 1 aromatic rings. The van der Waals surface area contributed by atoms with Crippen molar-refractivity contribution < 1.29 is 21.7 Å². The van der Waals surface area contributed by atoms with Crippen molar-refractivity contribution in [1.82, 2.24) is 0 Å². The summed E-state index contributed by atoms with van der Waals surface area (Å²) in [7, 11) is -7.23. The summed E-state index contributed by atoms with van der Waals surface area (Å²) in [5.41, 5.74) is 0.695. The number of fused-ring (bicyclic) bond motifs is 1. The number of allylic oxidation sites excluding steroid dienone is 1. The smallest absolute Gasteiger partial charge is 0.371 e. The van der Waals surface area contributed by atoms with Crippen molar-refractivity contribution in [2.75, 3.05) is 0 Å². The molecule has 6 nitrogen and oxygen atoms in total. The van der Waals surface area contributed by atoms with Gasteiger partial charge in [-0.2, -0.15) is 13.6 Å². The van der Waals surface area contributed by atoms with Gasteiger partial charge in [-0.1, -0.05) is 38.5 Å². The average molecular weight is 373 g/mol. The van der Waals surface area contributed by atoms with E-state index >= 15 is 0 Å². The van der Waals surface area contributed by atoms with E-state index in [0.29, 0.717) is 27.7 Å². The average Bonchev–Trinajstić information content (AvgIpc) is 2.67. The van der Waals surface area contributed by atoms with Gasteiger partial charge in [-0.15, -0.1) is 10.6 Å². The Morgan fingerprint density at radius 2 is 1.83 bits per heavy atom. The van der Waals surface area contributed by atoms with Gasteiger partial charge in [0.2, 0.25) is 0 Å². The van der Waals surface area contributed by atoms with Gasteiger partial charge in [0, 0.05) is 11.0 Å². The topological polar surface area (TPSA) is 110 Å². The molecule has 0 radical (unpaired) electrons. The van der Waals surface area contributed by atoms with Crippen molar-refractivity contribution in [2.24, 2.45) is 11.1 Å². The van der Waals surface area contributed by atoms with Crippen molar-refractivity contribution in [3.63, 3.8) is 0 Å². The first-order valence-electron chi connectivity index (χ1n) is 8.11. The van der Waals surface area contributed by atoms with Crippen LogP contribution in [0.3, 0.4) is 0 Å². The first-order chi connectivity index (χ1) is 11.3. The molecule has 4 N–H and O–H groups in total. The summed E-state index contributed by atoms with van der Waals surface area (Å²) in [6.07, 6.45) is 9.60. The van der Waals surface area contributed by atoms with Crippen LogP contribution in [0, 0.1) is 5.92 Å². The van der Waals surface area contributed by atoms with E-state index < -0.39 is 20.9 Å². The Labute approximate surface area is 144 Å². The second-order valence-electron chi connectivity index (χ2n) is 6.50. The Bertz CT molecular complexity index is 750. The molecule has 2 aliphatic rings. The lowest BCUT2D eigenvalue weighted by atomic mass is 9.96. The quantitative estimate of drug-likeness (QED) is 0.689. The summed E-state index contributed by atoms with van der Waals surface area (Å²) in [4.78, 5) is 0.949. The van der Waals surface area contributed by atoms with E-state index in [0.717, 1.165) is 12.8 Å². The number of rotatable bonds is 4. The van der Waals surface area contributed by atoms with E-state index in [1.807, 2.05) is 6.08 Å². The highest BCUT2D eigenvalue weighted by atomic mass is 32.3. The number of hydrogen-bond acceptors (Lipinski definition) is 5. The summed E-state index contributed by atoms with van der Waals surface area (Å²) >= 11 is 0. The Morgan fingerprint density at radius 1 is 1.17 bits per heavy atom. The molecule has 24 heavy (non-hydrogen) atoms. The molecule has 0 atom stereocenters. The third-order valence-corrected chi connectivity index (χ3v) is 7.06. The first kappa shape index (κ1) is 17.8. The van der Waals surface area contributed by atoms with Crippen LogP contribution in [0.15, 0.2) is 28.0 Å². The van der Waals surface area contributed by atoms with Gasteiger partial charge >= 0.3 is 10.3 Å². The molecule has 1 aliphatic carbocycles. The highest BCUT2D eigenvalue weighted by Gasteiger charge is 2.32. The van der Waals surface area contributed by atoms with Crippen LogP contribution in [0.2, 0.25) is 0 Å². The maximum absolute atomic E-state index is 11.0. The summed E-state index contributed by atoms with van der Waals surface area (Å²) in [5.74, 6) is 0.458. The minimum absolute atomic E-state index is 0.0136. The van der Waals surface area contributed by atoms with E-state index in [2.05, 4.69) is 4.18 Å².